The Hall–Kier alpha value is -3.01. The maximum atomic E-state index is 6.28. The van der Waals surface area contributed by atoms with E-state index in [1.807, 2.05) is 36.4 Å². The zero-order valence-corrected chi connectivity index (χ0v) is 19.4. The molecule has 4 aromatic carbocycles. The van der Waals surface area contributed by atoms with Crippen molar-refractivity contribution in [2.24, 2.45) is 0 Å². The molecule has 0 saturated heterocycles. The zero-order valence-electron chi connectivity index (χ0n) is 17.8. The van der Waals surface area contributed by atoms with Crippen LogP contribution in [0.15, 0.2) is 78.9 Å². The normalized spacial score (nSPS) is 12.4. The third-order valence-electron chi connectivity index (χ3n) is 5.97. The van der Waals surface area contributed by atoms with Crippen LogP contribution in [0.3, 0.4) is 0 Å². The summed E-state index contributed by atoms with van der Waals surface area (Å²) in [6.45, 7) is 2.87. The molecular weight excluding hydrogens is 439 g/mol. The molecule has 1 heterocycles. The monoisotopic (exact) mass is 460 g/mol. The van der Waals surface area contributed by atoms with Crippen molar-refractivity contribution in [3.8, 4) is 5.75 Å². The number of rotatable bonds is 5. The predicted molar refractivity (Wildman–Crippen MR) is 133 cm³/mol. The average Bonchev–Trinajstić information content (AvgIpc) is 3.18. The standard InChI is InChI=1S/C27H22Cl2N2O/c1-17(19-8-9-21-15-22(32-2)11-10-20(21)14-19)27-30-25-5-3-4-6-26(25)31(27)16-18-7-12-23(28)24(29)13-18/h3-15,17H,16H2,1-2H3. The number of fused-ring (bicyclic) bond motifs is 2. The summed E-state index contributed by atoms with van der Waals surface area (Å²) in [5.74, 6) is 1.99. The minimum absolute atomic E-state index is 0.108. The van der Waals surface area contributed by atoms with Gasteiger partial charge in [0.15, 0.2) is 0 Å². The first-order valence-corrected chi connectivity index (χ1v) is 11.3. The fourth-order valence-electron chi connectivity index (χ4n) is 4.20. The summed E-state index contributed by atoms with van der Waals surface area (Å²) < 4.78 is 7.64. The number of imidazole rings is 1. The minimum atomic E-state index is 0.108. The van der Waals surface area contributed by atoms with Gasteiger partial charge in [0.05, 0.1) is 28.2 Å². The molecule has 3 nitrogen and oxygen atoms in total. The number of nitrogens with zero attached hydrogens (tertiary/aromatic N) is 2. The van der Waals surface area contributed by atoms with Crippen LogP contribution in [0.4, 0.5) is 0 Å². The van der Waals surface area contributed by atoms with Gasteiger partial charge in [-0.05, 0) is 58.3 Å². The van der Waals surface area contributed by atoms with Gasteiger partial charge in [-0.25, -0.2) is 4.98 Å². The highest BCUT2D eigenvalue weighted by atomic mass is 35.5. The van der Waals surface area contributed by atoms with E-state index in [0.29, 0.717) is 16.6 Å². The predicted octanol–water partition coefficient (Wildman–Crippen LogP) is 7.71. The Morgan fingerprint density at radius 2 is 1.66 bits per heavy atom. The van der Waals surface area contributed by atoms with Gasteiger partial charge in [-0.1, -0.05) is 72.6 Å². The molecule has 0 radical (unpaired) electrons. The smallest absolute Gasteiger partial charge is 0.119 e. The van der Waals surface area contributed by atoms with Crippen LogP contribution >= 0.6 is 23.2 Å². The van der Waals surface area contributed by atoms with E-state index in [9.17, 15) is 0 Å². The van der Waals surface area contributed by atoms with E-state index in [0.717, 1.165) is 33.6 Å². The van der Waals surface area contributed by atoms with E-state index in [1.165, 1.54) is 10.9 Å². The van der Waals surface area contributed by atoms with Gasteiger partial charge in [0.2, 0.25) is 0 Å². The van der Waals surface area contributed by atoms with Gasteiger partial charge >= 0.3 is 0 Å². The van der Waals surface area contributed by atoms with Crippen LogP contribution < -0.4 is 4.74 Å². The van der Waals surface area contributed by atoms with Gasteiger partial charge in [0.1, 0.15) is 11.6 Å². The molecule has 0 bridgehead atoms. The van der Waals surface area contributed by atoms with Crippen molar-refractivity contribution in [3.05, 3.63) is 106 Å². The molecular formula is C27H22Cl2N2O. The lowest BCUT2D eigenvalue weighted by molar-refractivity contribution is 0.415. The Bertz CT molecular complexity index is 1440. The van der Waals surface area contributed by atoms with Crippen molar-refractivity contribution in [1.29, 1.82) is 0 Å². The molecule has 1 atom stereocenters. The van der Waals surface area contributed by atoms with Crippen molar-refractivity contribution >= 4 is 45.0 Å². The van der Waals surface area contributed by atoms with Crippen LogP contribution in [0.5, 0.6) is 5.75 Å². The molecule has 0 N–H and O–H groups in total. The first-order valence-electron chi connectivity index (χ1n) is 10.5. The van der Waals surface area contributed by atoms with Crippen LogP contribution in [0.1, 0.15) is 29.8 Å². The summed E-state index contributed by atoms with van der Waals surface area (Å²) in [4.78, 5) is 5.02. The number of para-hydroxylation sites is 2. The molecule has 0 aliphatic heterocycles. The summed E-state index contributed by atoms with van der Waals surface area (Å²) in [5.41, 5.74) is 4.39. The number of aromatic nitrogens is 2. The van der Waals surface area contributed by atoms with E-state index in [2.05, 4.69) is 54.0 Å². The van der Waals surface area contributed by atoms with Crippen LogP contribution in [0.2, 0.25) is 10.0 Å². The highest BCUT2D eigenvalue weighted by molar-refractivity contribution is 6.42. The summed E-state index contributed by atoms with van der Waals surface area (Å²) in [7, 11) is 1.69. The zero-order chi connectivity index (χ0) is 22.2. The number of hydrogen-bond acceptors (Lipinski definition) is 2. The van der Waals surface area contributed by atoms with E-state index in [-0.39, 0.29) is 5.92 Å². The minimum Gasteiger partial charge on any atom is -0.497 e. The molecule has 0 aliphatic rings. The second-order valence-electron chi connectivity index (χ2n) is 7.99. The second-order valence-corrected chi connectivity index (χ2v) is 8.80. The fourth-order valence-corrected chi connectivity index (χ4v) is 4.52. The molecule has 32 heavy (non-hydrogen) atoms. The van der Waals surface area contributed by atoms with Gasteiger partial charge < -0.3 is 9.30 Å². The van der Waals surface area contributed by atoms with Crippen molar-refractivity contribution < 1.29 is 4.74 Å². The SMILES string of the molecule is COc1ccc2cc(C(C)c3nc4ccccc4n3Cc3ccc(Cl)c(Cl)c3)ccc2c1. The van der Waals surface area contributed by atoms with Gasteiger partial charge in [-0.15, -0.1) is 0 Å². The van der Waals surface area contributed by atoms with Gasteiger partial charge in [0, 0.05) is 12.5 Å². The molecule has 5 rings (SSSR count). The van der Waals surface area contributed by atoms with Gasteiger partial charge in [-0.2, -0.15) is 0 Å². The van der Waals surface area contributed by atoms with Gasteiger partial charge in [0.25, 0.3) is 0 Å². The Kier molecular flexibility index (Phi) is 5.54. The highest BCUT2D eigenvalue weighted by Crippen LogP contribution is 2.32. The molecule has 0 amide bonds. The Morgan fingerprint density at radius 1 is 0.875 bits per heavy atom. The van der Waals surface area contributed by atoms with Crippen LogP contribution in [-0.2, 0) is 6.54 Å². The van der Waals surface area contributed by atoms with E-state index in [1.54, 1.807) is 7.11 Å². The van der Waals surface area contributed by atoms with Crippen molar-refractivity contribution in [3.63, 3.8) is 0 Å². The Labute approximate surface area is 197 Å². The molecule has 0 spiro atoms. The summed E-state index contributed by atoms with van der Waals surface area (Å²) in [6.07, 6.45) is 0. The van der Waals surface area contributed by atoms with Crippen molar-refractivity contribution in [2.75, 3.05) is 7.11 Å². The molecule has 1 unspecified atom stereocenters. The largest absolute Gasteiger partial charge is 0.497 e. The molecule has 1 aromatic heterocycles. The van der Waals surface area contributed by atoms with Crippen molar-refractivity contribution in [2.45, 2.75) is 19.4 Å². The van der Waals surface area contributed by atoms with E-state index in [4.69, 9.17) is 32.9 Å². The third kappa shape index (κ3) is 3.83. The second kappa shape index (κ2) is 8.50. The fraction of sp³-hybridized carbons (Fsp3) is 0.148. The number of hydrogen-bond donors (Lipinski definition) is 0. The topological polar surface area (TPSA) is 27.1 Å². The Balaban J connectivity index is 1.59. The lowest BCUT2D eigenvalue weighted by Crippen LogP contribution is -2.09. The molecule has 5 aromatic rings. The van der Waals surface area contributed by atoms with E-state index >= 15 is 0 Å². The summed E-state index contributed by atoms with van der Waals surface area (Å²) >= 11 is 12.4. The highest BCUT2D eigenvalue weighted by Gasteiger charge is 2.19. The van der Waals surface area contributed by atoms with Crippen LogP contribution in [-0.4, -0.2) is 16.7 Å². The summed E-state index contributed by atoms with van der Waals surface area (Å²) in [5, 5.41) is 3.47. The number of benzene rings is 4. The number of ether oxygens (including phenoxy) is 1. The third-order valence-corrected chi connectivity index (χ3v) is 6.71. The average molecular weight is 461 g/mol. The maximum Gasteiger partial charge on any atom is 0.119 e. The summed E-state index contributed by atoms with van der Waals surface area (Å²) in [6, 6.07) is 26.8. The molecule has 5 heteroatoms. The lowest BCUT2D eigenvalue weighted by atomic mass is 9.97. The van der Waals surface area contributed by atoms with Crippen LogP contribution in [0.25, 0.3) is 21.8 Å². The molecule has 160 valence electrons. The maximum absolute atomic E-state index is 6.28. The molecule has 0 fully saturated rings. The van der Waals surface area contributed by atoms with Gasteiger partial charge in [-0.3, -0.25) is 0 Å². The van der Waals surface area contributed by atoms with E-state index < -0.39 is 0 Å². The first-order chi connectivity index (χ1) is 15.5. The quantitative estimate of drug-likeness (QED) is 0.268. The lowest BCUT2D eigenvalue weighted by Gasteiger charge is -2.16. The molecule has 0 saturated carbocycles. The first kappa shape index (κ1) is 20.9. The Morgan fingerprint density at radius 3 is 2.47 bits per heavy atom. The number of halogens is 2. The van der Waals surface area contributed by atoms with Crippen molar-refractivity contribution in [1.82, 2.24) is 9.55 Å². The number of methoxy groups -OCH3 is 1. The van der Waals surface area contributed by atoms with Crippen LogP contribution in [0, 0.1) is 0 Å². The molecule has 0 aliphatic carbocycles.